The zero-order chi connectivity index (χ0) is 38.4. The highest BCUT2D eigenvalue weighted by atomic mass is 16.2. The molecule has 1 saturated heterocycles. The summed E-state index contributed by atoms with van der Waals surface area (Å²) in [5.41, 5.74) is 4.51. The quantitative estimate of drug-likeness (QED) is 0.0888. The minimum atomic E-state index is -0.310. The number of nitrogens with one attached hydrogen (secondary N) is 4. The zero-order valence-electron chi connectivity index (χ0n) is 31.6. The number of carbonyl (C=O) groups is 3. The maximum absolute atomic E-state index is 12.8. The first-order valence-electron chi connectivity index (χ1n) is 19.1. The molecule has 11 heteroatoms. The van der Waals surface area contributed by atoms with Gasteiger partial charge in [-0.3, -0.25) is 19.3 Å². The Labute approximate surface area is 323 Å². The summed E-state index contributed by atoms with van der Waals surface area (Å²) in [4.78, 5) is 57.1. The number of aryl methyl sites for hydroxylation is 1. The van der Waals surface area contributed by atoms with Crippen LogP contribution in [0.5, 0.6) is 0 Å². The van der Waals surface area contributed by atoms with Gasteiger partial charge in [-0.2, -0.15) is 0 Å². The van der Waals surface area contributed by atoms with Gasteiger partial charge < -0.3 is 25.5 Å². The predicted molar refractivity (Wildman–Crippen MR) is 213 cm³/mol. The number of benzene rings is 3. The zero-order valence-corrected chi connectivity index (χ0v) is 31.6. The van der Waals surface area contributed by atoms with Gasteiger partial charge in [0, 0.05) is 31.0 Å². The van der Waals surface area contributed by atoms with Gasteiger partial charge in [-0.1, -0.05) is 84.8 Å². The van der Waals surface area contributed by atoms with Gasteiger partial charge in [-0.25, -0.2) is 9.97 Å². The molecule has 284 valence electrons. The van der Waals surface area contributed by atoms with Crippen molar-refractivity contribution in [2.45, 2.75) is 57.0 Å². The number of nitrogens with zero attached hydrogens (tertiary/aromatic N) is 4. The van der Waals surface area contributed by atoms with E-state index in [4.69, 9.17) is 0 Å². The Kier molecular flexibility index (Phi) is 13.6. The molecule has 2 aromatic heterocycles. The monoisotopic (exact) mass is 738 g/mol. The topological polar surface area (TPSA) is 139 Å². The number of amides is 3. The third-order valence-electron chi connectivity index (χ3n) is 9.70. The number of likely N-dealkylation sites (tertiary alicyclic amines) is 1. The van der Waals surface area contributed by atoms with Gasteiger partial charge in [-0.15, -0.1) is 0 Å². The van der Waals surface area contributed by atoms with Crippen LogP contribution in [0.3, 0.4) is 0 Å². The molecule has 2 aliphatic rings. The molecular weight excluding hydrogens is 689 g/mol. The number of hydrogen-bond acceptors (Lipinski definition) is 6. The lowest BCUT2D eigenvalue weighted by atomic mass is 10.1. The van der Waals surface area contributed by atoms with Crippen LogP contribution in [0.4, 0.5) is 0 Å². The Balaban J connectivity index is 0.000000782. The Morgan fingerprint density at radius 2 is 1.55 bits per heavy atom. The average molecular weight is 739 g/mol. The van der Waals surface area contributed by atoms with E-state index in [0.717, 1.165) is 79.0 Å². The number of rotatable bonds is 13. The van der Waals surface area contributed by atoms with Crippen LogP contribution in [0.2, 0.25) is 0 Å². The van der Waals surface area contributed by atoms with Crippen molar-refractivity contribution in [3.05, 3.63) is 132 Å². The van der Waals surface area contributed by atoms with E-state index >= 15 is 0 Å². The van der Waals surface area contributed by atoms with Crippen molar-refractivity contribution in [3.63, 3.8) is 0 Å². The number of likely N-dealkylation sites (N-methyl/N-ethyl adjacent to an activating group) is 1. The van der Waals surface area contributed by atoms with E-state index in [-0.39, 0.29) is 42.3 Å². The van der Waals surface area contributed by atoms with Gasteiger partial charge in [0.15, 0.2) is 0 Å². The van der Waals surface area contributed by atoms with Crippen LogP contribution in [0.15, 0.2) is 103 Å². The van der Waals surface area contributed by atoms with Gasteiger partial charge in [0.25, 0.3) is 0 Å². The summed E-state index contributed by atoms with van der Waals surface area (Å²) in [6.45, 7) is 1.30. The molecule has 7 rings (SSSR count). The third-order valence-corrected chi connectivity index (χ3v) is 9.70. The first-order chi connectivity index (χ1) is 26.9. The number of unbranched alkanes of at least 4 members (excludes halogenated alkanes) is 1. The number of aromatic amines is 2. The molecule has 2 fully saturated rings. The highest BCUT2D eigenvalue weighted by molar-refractivity contribution is 5.87. The van der Waals surface area contributed by atoms with Crippen LogP contribution < -0.4 is 10.6 Å². The second kappa shape index (κ2) is 19.4. The summed E-state index contributed by atoms with van der Waals surface area (Å²) >= 11 is 0. The largest absolute Gasteiger partial charge is 0.354 e. The predicted octanol–water partition coefficient (Wildman–Crippen LogP) is 5.82. The average Bonchev–Trinajstić information content (AvgIpc) is 3.53. The maximum Gasteiger partial charge on any atom is 0.242 e. The SMILES string of the molecule is CN(C)C(C(=O)NCCCCc1ncc(-c2ccc(C#Cc3cnc(C4CCCN4C(=O)CNC(=O)C4CC4)[nH]3)cc2)[nH]1)c1ccccc1.c1ccccc1. The van der Waals surface area contributed by atoms with Crippen LogP contribution in [-0.4, -0.2) is 81.2 Å². The highest BCUT2D eigenvalue weighted by Crippen LogP contribution is 2.31. The molecule has 0 bridgehead atoms. The Morgan fingerprint density at radius 1 is 0.836 bits per heavy atom. The van der Waals surface area contributed by atoms with Gasteiger partial charge in [-0.05, 0) is 81.8 Å². The molecule has 2 unspecified atom stereocenters. The van der Waals surface area contributed by atoms with Crippen LogP contribution in [0, 0.1) is 17.8 Å². The number of carbonyl (C=O) groups excluding carboxylic acids is 3. The first-order valence-corrected chi connectivity index (χ1v) is 19.1. The third kappa shape index (κ3) is 11.3. The van der Waals surface area contributed by atoms with Crippen LogP contribution in [0.25, 0.3) is 11.3 Å². The van der Waals surface area contributed by atoms with Crippen molar-refractivity contribution >= 4 is 17.7 Å². The Hall–Kier alpha value is -5.99. The lowest BCUT2D eigenvalue weighted by molar-refractivity contribution is -0.134. The fourth-order valence-electron chi connectivity index (χ4n) is 6.61. The van der Waals surface area contributed by atoms with Gasteiger partial charge in [0.05, 0.1) is 30.7 Å². The van der Waals surface area contributed by atoms with E-state index in [1.807, 2.05) is 116 Å². The fourth-order valence-corrected chi connectivity index (χ4v) is 6.61. The molecule has 3 amide bonds. The molecule has 55 heavy (non-hydrogen) atoms. The minimum Gasteiger partial charge on any atom is -0.354 e. The Bertz CT molecular complexity index is 2020. The maximum atomic E-state index is 12.8. The lowest BCUT2D eigenvalue weighted by Gasteiger charge is -2.23. The molecule has 0 spiro atoms. The molecule has 11 nitrogen and oxygen atoms in total. The molecule has 1 aliphatic heterocycles. The van der Waals surface area contributed by atoms with Crippen molar-refractivity contribution < 1.29 is 14.4 Å². The normalized spacial score (nSPS) is 15.3. The molecule has 0 radical (unpaired) electrons. The number of hydrogen-bond donors (Lipinski definition) is 4. The fraction of sp³-hybridized carbons (Fsp3) is 0.341. The summed E-state index contributed by atoms with van der Waals surface area (Å²) in [5.74, 6) is 7.98. The van der Waals surface area contributed by atoms with Crippen molar-refractivity contribution in [1.82, 2.24) is 40.4 Å². The number of imidazole rings is 2. The highest BCUT2D eigenvalue weighted by Gasteiger charge is 2.34. The standard InChI is InChI=1S/C38H44N8O3.C6H6/c1-45(2)35(28-9-4-3-5-10-28)38(49)39-21-7-6-12-33-40-24-31(44-33)27-16-13-26(14-17-27)15-20-30-23-41-36(43-30)32-11-8-22-46(32)34(47)25-42-37(48)29-18-19-29;1-2-4-6-5-3-1/h3-5,9-10,13-14,16-17,23-24,29,32,35H,6-8,11-12,18-19,21-22,25H2,1-2H3,(H,39,49)(H,40,44)(H,41,43)(H,42,48);1-6H. The first kappa shape index (κ1) is 38.7. The van der Waals surface area contributed by atoms with Crippen LogP contribution in [-0.2, 0) is 20.8 Å². The number of H-pyrrole nitrogens is 2. The van der Waals surface area contributed by atoms with Gasteiger partial charge in [0.1, 0.15) is 23.4 Å². The molecule has 2 atom stereocenters. The molecule has 1 saturated carbocycles. The smallest absolute Gasteiger partial charge is 0.242 e. The van der Waals surface area contributed by atoms with E-state index in [1.165, 1.54) is 0 Å². The van der Waals surface area contributed by atoms with Gasteiger partial charge in [0.2, 0.25) is 17.7 Å². The summed E-state index contributed by atoms with van der Waals surface area (Å²) in [6.07, 6.45) is 9.67. The molecule has 5 aromatic rings. The molecule has 4 N–H and O–H groups in total. The second-order valence-electron chi connectivity index (χ2n) is 14.2. The second-order valence-corrected chi connectivity index (χ2v) is 14.2. The summed E-state index contributed by atoms with van der Waals surface area (Å²) in [5, 5.41) is 5.86. The lowest BCUT2D eigenvalue weighted by Crippen LogP contribution is -2.40. The molecule has 3 aromatic carbocycles. The van der Waals surface area contributed by atoms with E-state index < -0.39 is 0 Å². The van der Waals surface area contributed by atoms with Crippen molar-refractivity contribution in [2.75, 3.05) is 33.7 Å². The summed E-state index contributed by atoms with van der Waals surface area (Å²) < 4.78 is 0. The Morgan fingerprint density at radius 3 is 2.24 bits per heavy atom. The minimum absolute atomic E-state index is 0.00956. The van der Waals surface area contributed by atoms with Gasteiger partial charge >= 0.3 is 0 Å². The van der Waals surface area contributed by atoms with E-state index in [9.17, 15) is 14.4 Å². The molecule has 3 heterocycles. The summed E-state index contributed by atoms with van der Waals surface area (Å²) in [7, 11) is 3.84. The van der Waals surface area contributed by atoms with E-state index in [0.29, 0.717) is 18.8 Å². The number of aromatic nitrogens is 4. The van der Waals surface area contributed by atoms with Crippen LogP contribution in [0.1, 0.15) is 79.1 Å². The van der Waals surface area contributed by atoms with E-state index in [1.54, 1.807) is 11.1 Å². The molecule has 1 aliphatic carbocycles. The molecular formula is C44H50N8O3. The van der Waals surface area contributed by atoms with E-state index in [2.05, 4.69) is 42.4 Å². The van der Waals surface area contributed by atoms with Crippen LogP contribution >= 0.6 is 0 Å². The van der Waals surface area contributed by atoms with Crippen molar-refractivity contribution in [1.29, 1.82) is 0 Å². The van der Waals surface area contributed by atoms with Crippen molar-refractivity contribution in [3.8, 4) is 23.1 Å². The van der Waals surface area contributed by atoms with Crippen molar-refractivity contribution in [2.24, 2.45) is 5.92 Å². The summed E-state index contributed by atoms with van der Waals surface area (Å²) in [6, 6.07) is 29.4.